The maximum atomic E-state index is 13.0. The molecule has 72 heavy (non-hydrogen) atoms. The van der Waals surface area contributed by atoms with E-state index in [9.17, 15) is 28.8 Å². The Morgan fingerprint density at radius 2 is 0.944 bits per heavy atom. The fourth-order valence-corrected chi connectivity index (χ4v) is 22.6. The minimum absolute atomic E-state index is 0. The lowest BCUT2D eigenvalue weighted by atomic mass is 9.45. The van der Waals surface area contributed by atoms with Crippen molar-refractivity contribution in [2.24, 2.45) is 78.3 Å². The van der Waals surface area contributed by atoms with Crippen molar-refractivity contribution >= 4 is 34.7 Å². The summed E-state index contributed by atoms with van der Waals surface area (Å²) in [6, 6.07) is 0. The van der Waals surface area contributed by atoms with Gasteiger partial charge in [0.15, 0.2) is 17.3 Å². The van der Waals surface area contributed by atoms with Gasteiger partial charge in [-0.3, -0.25) is 28.8 Å². The topological polar surface area (TPSA) is 102 Å². The van der Waals surface area contributed by atoms with Crippen molar-refractivity contribution in [3.05, 3.63) is 69.4 Å². The van der Waals surface area contributed by atoms with Crippen molar-refractivity contribution < 1.29 is 31.6 Å². The van der Waals surface area contributed by atoms with Crippen LogP contribution in [0.4, 0.5) is 0 Å². The van der Waals surface area contributed by atoms with Gasteiger partial charge in [-0.1, -0.05) is 81.6 Å². The van der Waals surface area contributed by atoms with Crippen LogP contribution < -0.4 is 0 Å². The number of hydrogen-bond acceptors (Lipinski definition) is 6. The quantitative estimate of drug-likeness (QED) is 0.224. The predicted molar refractivity (Wildman–Crippen MR) is 284 cm³/mol. The average Bonchev–Trinajstić information content (AvgIpc) is 4.14. The van der Waals surface area contributed by atoms with Crippen molar-refractivity contribution in [2.45, 2.75) is 221 Å². The Balaban J connectivity index is 0.000000118. The minimum atomic E-state index is -0.148. The third kappa shape index (κ3) is 5.97. The molecule has 3 spiro atoms. The molecule has 0 N–H and O–H groups in total. The molecule has 0 aromatic rings. The molecule has 0 aliphatic heterocycles. The average molecular weight is 977 g/mol. The second-order valence-corrected chi connectivity index (χ2v) is 28.8. The summed E-state index contributed by atoms with van der Waals surface area (Å²) < 4.78 is 0. The van der Waals surface area contributed by atoms with E-state index in [1.807, 2.05) is 18.2 Å². The van der Waals surface area contributed by atoms with E-state index in [1.165, 1.54) is 66.4 Å². The van der Waals surface area contributed by atoms with Gasteiger partial charge < -0.3 is 0 Å². The van der Waals surface area contributed by atoms with E-state index in [-0.39, 0.29) is 52.0 Å². The Labute approximate surface area is 433 Å². The molecule has 5 unspecified atom stereocenters. The maximum Gasteiger partial charge on any atom is 0.156 e. The lowest BCUT2D eigenvalue weighted by molar-refractivity contribution is -0.142. The summed E-state index contributed by atoms with van der Waals surface area (Å²) in [7, 11) is 0. The van der Waals surface area contributed by atoms with Crippen molar-refractivity contribution in [1.29, 1.82) is 0 Å². The van der Waals surface area contributed by atoms with Crippen LogP contribution in [0, 0.1) is 78.3 Å². The van der Waals surface area contributed by atoms with Crippen molar-refractivity contribution in [3.63, 3.8) is 0 Å². The highest BCUT2D eigenvalue weighted by Gasteiger charge is 2.70. The summed E-state index contributed by atoms with van der Waals surface area (Å²) in [6.45, 7) is 14.4. The van der Waals surface area contributed by atoms with Gasteiger partial charge in [0.2, 0.25) is 0 Å². The lowest BCUT2D eigenvalue weighted by Crippen LogP contribution is -2.54. The molecule has 6 nitrogen and oxygen atoms in total. The summed E-state index contributed by atoms with van der Waals surface area (Å²) in [5, 5.41) is 0. The molecule has 388 valence electrons. The fraction of sp³-hybridized carbons (Fsp3) is 0.727. The molecule has 0 radical (unpaired) electrons. The second kappa shape index (κ2) is 15.8. The van der Waals surface area contributed by atoms with Crippen LogP contribution in [0.1, 0.15) is 224 Å². The van der Waals surface area contributed by atoms with Gasteiger partial charge in [0.1, 0.15) is 17.3 Å². The van der Waals surface area contributed by atoms with Crippen LogP contribution in [0.5, 0.6) is 0 Å². The Bertz CT molecular complexity index is 2750. The zero-order chi connectivity index (χ0) is 50.2. The lowest BCUT2D eigenvalue weighted by Gasteiger charge is -2.58. The number of carbonyl (C=O) groups is 6. The number of ketones is 6. The zero-order valence-electron chi connectivity index (χ0n) is 45.0. The molecule has 6 heteroatoms. The molecule has 15 aliphatic carbocycles. The van der Waals surface area contributed by atoms with E-state index >= 15 is 0 Å². The van der Waals surface area contributed by atoms with Crippen molar-refractivity contribution in [1.82, 2.24) is 0 Å². The first kappa shape index (κ1) is 48.1. The van der Waals surface area contributed by atoms with Crippen molar-refractivity contribution in [2.75, 3.05) is 0 Å². The largest absolute Gasteiger partial charge is 0.299 e. The molecule has 0 aromatic carbocycles. The number of hydrogen-bond donors (Lipinski definition) is 0. The summed E-state index contributed by atoms with van der Waals surface area (Å²) in [4.78, 5) is 74.7. The van der Waals surface area contributed by atoms with Crippen LogP contribution in [0.2, 0.25) is 0 Å². The highest BCUT2D eigenvalue weighted by Crippen LogP contribution is 2.75. The smallest absolute Gasteiger partial charge is 0.156 e. The van der Waals surface area contributed by atoms with Crippen molar-refractivity contribution in [3.8, 4) is 0 Å². The van der Waals surface area contributed by atoms with E-state index < -0.39 is 0 Å². The molecule has 0 aromatic heterocycles. The van der Waals surface area contributed by atoms with E-state index in [0.29, 0.717) is 70.8 Å². The van der Waals surface area contributed by atoms with E-state index in [1.54, 1.807) is 11.1 Å². The second-order valence-electron chi connectivity index (χ2n) is 28.8. The molecule has 14 atom stereocenters. The number of rotatable bonds is 0. The normalized spacial score (nSPS) is 48.9. The number of fused-ring (bicyclic) bond motifs is 10. The minimum Gasteiger partial charge on any atom is -0.299 e. The van der Waals surface area contributed by atoms with Crippen LogP contribution in [-0.2, 0) is 28.8 Å². The molecule has 9 saturated carbocycles. The van der Waals surface area contributed by atoms with Gasteiger partial charge in [-0.05, 0) is 233 Å². The van der Waals surface area contributed by atoms with E-state index in [4.69, 9.17) is 0 Å². The highest BCUT2D eigenvalue weighted by atomic mass is 16.1. The van der Waals surface area contributed by atoms with Gasteiger partial charge in [-0.25, -0.2) is 0 Å². The monoisotopic (exact) mass is 977 g/mol. The summed E-state index contributed by atoms with van der Waals surface area (Å²) in [6.07, 6.45) is 39.5. The van der Waals surface area contributed by atoms with Crippen LogP contribution >= 0.6 is 0 Å². The van der Waals surface area contributed by atoms with Crippen LogP contribution in [0.3, 0.4) is 0 Å². The molecule has 15 aliphatic rings. The predicted octanol–water partition coefficient (Wildman–Crippen LogP) is 15.0. The summed E-state index contributed by atoms with van der Waals surface area (Å²) in [5.74, 6) is 5.75. The Kier molecular flexibility index (Phi) is 10.5. The highest BCUT2D eigenvalue weighted by molar-refractivity contribution is 5.95. The first-order valence-corrected chi connectivity index (χ1v) is 29.7. The van der Waals surface area contributed by atoms with Gasteiger partial charge in [0, 0.05) is 46.8 Å². The first-order valence-electron chi connectivity index (χ1n) is 29.7. The summed E-state index contributed by atoms with van der Waals surface area (Å²) >= 11 is 0. The Morgan fingerprint density at radius 3 is 1.64 bits per heavy atom. The molecule has 0 bridgehead atoms. The Hall–Kier alpha value is -3.54. The molecule has 0 amide bonds. The SMILES string of the molecule is C[C@]12CCC(=O)[C@]13CCC1C(=C3CC2)C=CC2=CC(=O)CC[C@@]21C.C[C@]12CCC(=O)[C@]13CCC1C(=C3CC2)CCC2=CC(=O)CC[C@@]21C.C[C@]12CCC(=O)[C@]13CCC1C(CCC4=CC(=O)CC[C@@]41C)C3CC2.[HH].[HH]. The molecule has 0 heterocycles. The summed E-state index contributed by atoms with van der Waals surface area (Å²) in [5.41, 5.74) is 11.2. The molecular weight excluding hydrogens is 889 g/mol. The fourth-order valence-electron chi connectivity index (χ4n) is 22.6. The van der Waals surface area contributed by atoms with E-state index in [0.717, 1.165) is 134 Å². The van der Waals surface area contributed by atoms with Crippen LogP contribution in [0.15, 0.2) is 69.4 Å². The Morgan fingerprint density at radius 1 is 0.403 bits per heavy atom. The number of carbonyl (C=O) groups excluding carboxylic acids is 6. The molecule has 0 saturated heterocycles. The molecule has 15 rings (SSSR count). The van der Waals surface area contributed by atoms with Gasteiger partial charge in [0.05, 0.1) is 10.8 Å². The maximum absolute atomic E-state index is 13.0. The van der Waals surface area contributed by atoms with Gasteiger partial charge in [-0.2, -0.15) is 0 Å². The van der Waals surface area contributed by atoms with Gasteiger partial charge in [0.25, 0.3) is 0 Å². The number of allylic oxidation sites excluding steroid dienone is 11. The third-order valence-corrected chi connectivity index (χ3v) is 26.8. The van der Waals surface area contributed by atoms with Crippen LogP contribution in [0.25, 0.3) is 0 Å². The van der Waals surface area contributed by atoms with E-state index in [2.05, 4.69) is 53.7 Å². The zero-order valence-corrected chi connectivity index (χ0v) is 45.0. The molecule has 9 fully saturated rings. The third-order valence-electron chi connectivity index (χ3n) is 26.8. The van der Waals surface area contributed by atoms with Gasteiger partial charge in [-0.15, -0.1) is 0 Å². The molecular formula is C66H88O6. The first-order chi connectivity index (χ1) is 34.2. The number of Topliss-reactive ketones (excluding diaryl/α,β-unsaturated/α-hetero) is 3. The standard InChI is InChI=1S/C22H30O2.C22H28O2.C22H26O2.2H2/c3*1-20-9-6-18-16-4-3-14-13-15(23)5-11-21(14,2)17(16)7-12-22(18,20)19(24)8-10-20;;/h13,16-18H,3-12H2,1-2H3;13,17H,3-12H2,1-2H3;3-4,13,17H,5-12H2,1-2H3;2*1H/t16?,17?,18?,20-,21-,22+;2*17?,20-,21-,22+;;/m000../s1. The van der Waals surface area contributed by atoms with Crippen LogP contribution in [-0.4, -0.2) is 34.7 Å². The van der Waals surface area contributed by atoms with Gasteiger partial charge >= 0.3 is 0 Å².